The summed E-state index contributed by atoms with van der Waals surface area (Å²) >= 11 is 8.86. The minimum Gasteiger partial charge on any atom is -0.507 e. The summed E-state index contributed by atoms with van der Waals surface area (Å²) in [6.07, 6.45) is 0. The van der Waals surface area contributed by atoms with Gasteiger partial charge in [0.2, 0.25) is 0 Å². The average Bonchev–Trinajstić information content (AvgIpc) is 3.61. The molecule has 1 atom stereocenters. The van der Waals surface area contributed by atoms with Crippen molar-refractivity contribution in [3.05, 3.63) is 68.4 Å². The lowest BCUT2D eigenvalue weighted by atomic mass is 9.99. The molecule has 0 aliphatic carbocycles. The number of thiophene rings is 1. The number of aryl methyl sites for hydroxylation is 1. The molecule has 37 heavy (non-hydrogen) atoms. The number of ether oxygens (including phenoxy) is 3. The van der Waals surface area contributed by atoms with Gasteiger partial charge in [0.05, 0.1) is 47.7 Å². The van der Waals surface area contributed by atoms with Gasteiger partial charge in [-0.1, -0.05) is 29.0 Å². The maximum Gasteiger partial charge on any atom is 0.301 e. The van der Waals surface area contributed by atoms with E-state index in [1.165, 1.54) is 53.9 Å². The van der Waals surface area contributed by atoms with Crippen molar-refractivity contribution in [2.24, 2.45) is 0 Å². The zero-order valence-corrected chi connectivity index (χ0v) is 22.6. The number of fused-ring (bicyclic) bond motifs is 1. The molecule has 0 spiro atoms. The van der Waals surface area contributed by atoms with Crippen LogP contribution in [-0.2, 0) is 9.59 Å². The van der Waals surface area contributed by atoms with E-state index >= 15 is 0 Å². The maximum atomic E-state index is 13.5. The Labute approximate surface area is 225 Å². The van der Waals surface area contributed by atoms with Crippen molar-refractivity contribution < 1.29 is 28.9 Å². The van der Waals surface area contributed by atoms with E-state index < -0.39 is 23.5 Å². The third-order valence-electron chi connectivity index (χ3n) is 6.09. The Bertz CT molecular complexity index is 1580. The molecule has 1 N–H and O–H groups in total. The standard InChI is InChI=1S/C26H21ClN2O6S2/c1-12-8-15-20(11-16(12)33-2)37-26(28-15)29-22(19-6-5-7-36-19)21(24(31)25(29)32)23(30)13-9-18(35-4)14(27)10-17(13)34-3/h5-11,22,30H,1-4H3/b23-21+. The Morgan fingerprint density at radius 1 is 1.05 bits per heavy atom. The Balaban J connectivity index is 1.73. The van der Waals surface area contributed by atoms with E-state index in [1.54, 1.807) is 7.11 Å². The second-order valence-corrected chi connectivity index (χ2v) is 10.6. The number of benzene rings is 2. The minimum absolute atomic E-state index is 0.0804. The van der Waals surface area contributed by atoms with Gasteiger partial charge in [0.15, 0.2) is 5.13 Å². The first-order valence-corrected chi connectivity index (χ1v) is 13.1. The van der Waals surface area contributed by atoms with E-state index in [0.717, 1.165) is 10.3 Å². The molecule has 0 radical (unpaired) electrons. The summed E-state index contributed by atoms with van der Waals surface area (Å²) in [5.41, 5.74) is 1.66. The van der Waals surface area contributed by atoms with E-state index in [-0.39, 0.29) is 27.7 Å². The Kier molecular flexibility index (Phi) is 6.57. The molecule has 5 rings (SSSR count). The SMILES string of the molecule is COc1cc2sc(N3C(=O)C(=O)/C(=C(/O)c4cc(OC)c(Cl)cc4OC)C3c3cccs3)nc2cc1C. The van der Waals surface area contributed by atoms with Crippen molar-refractivity contribution in [2.45, 2.75) is 13.0 Å². The van der Waals surface area contributed by atoms with Gasteiger partial charge in [-0.15, -0.1) is 11.3 Å². The molecular weight excluding hydrogens is 536 g/mol. The van der Waals surface area contributed by atoms with Crippen LogP contribution in [0.15, 0.2) is 47.4 Å². The lowest BCUT2D eigenvalue weighted by Gasteiger charge is -2.21. The number of aliphatic hydroxyl groups excluding tert-OH is 1. The fourth-order valence-electron chi connectivity index (χ4n) is 4.31. The second kappa shape index (κ2) is 9.70. The smallest absolute Gasteiger partial charge is 0.301 e. The normalized spacial score (nSPS) is 17.0. The number of hydrogen-bond donors (Lipinski definition) is 1. The molecule has 4 aromatic rings. The first kappa shape index (κ1) is 25.1. The maximum absolute atomic E-state index is 13.5. The van der Waals surface area contributed by atoms with Crippen LogP contribution in [0.4, 0.5) is 5.13 Å². The van der Waals surface area contributed by atoms with Crippen molar-refractivity contribution in [1.82, 2.24) is 4.98 Å². The number of carbonyl (C=O) groups is 2. The number of carbonyl (C=O) groups excluding carboxylic acids is 2. The fraction of sp³-hybridized carbons (Fsp3) is 0.192. The van der Waals surface area contributed by atoms with Gasteiger partial charge < -0.3 is 19.3 Å². The van der Waals surface area contributed by atoms with Crippen molar-refractivity contribution in [3.63, 3.8) is 0 Å². The molecule has 1 saturated heterocycles. The zero-order valence-electron chi connectivity index (χ0n) is 20.2. The molecule has 3 heterocycles. The Morgan fingerprint density at radius 3 is 2.43 bits per heavy atom. The van der Waals surface area contributed by atoms with E-state index in [1.807, 2.05) is 36.6 Å². The number of hydrogen-bond acceptors (Lipinski definition) is 9. The topological polar surface area (TPSA) is 98.2 Å². The largest absolute Gasteiger partial charge is 0.507 e. The first-order chi connectivity index (χ1) is 17.8. The summed E-state index contributed by atoms with van der Waals surface area (Å²) in [5.74, 6) is -0.820. The third-order valence-corrected chi connectivity index (χ3v) is 8.32. The molecule has 2 aromatic heterocycles. The number of amides is 1. The summed E-state index contributed by atoms with van der Waals surface area (Å²) < 4.78 is 16.9. The number of aliphatic hydroxyl groups is 1. The van der Waals surface area contributed by atoms with E-state index in [4.69, 9.17) is 25.8 Å². The Morgan fingerprint density at radius 2 is 1.78 bits per heavy atom. The summed E-state index contributed by atoms with van der Waals surface area (Å²) in [4.78, 5) is 33.6. The van der Waals surface area contributed by atoms with Crippen LogP contribution in [0.5, 0.6) is 17.2 Å². The number of methoxy groups -OCH3 is 3. The number of aromatic nitrogens is 1. The molecule has 2 aromatic carbocycles. The fourth-order valence-corrected chi connectivity index (χ4v) is 6.36. The van der Waals surface area contributed by atoms with Gasteiger partial charge in [0, 0.05) is 10.9 Å². The van der Waals surface area contributed by atoms with Crippen molar-refractivity contribution in [2.75, 3.05) is 26.2 Å². The third kappa shape index (κ3) is 4.11. The van der Waals surface area contributed by atoms with Crippen LogP contribution in [0, 0.1) is 6.92 Å². The van der Waals surface area contributed by atoms with Gasteiger partial charge in [0.25, 0.3) is 5.78 Å². The second-order valence-electron chi connectivity index (χ2n) is 8.16. The summed E-state index contributed by atoms with van der Waals surface area (Å²) in [6.45, 7) is 1.91. The molecule has 1 aliphatic rings. The summed E-state index contributed by atoms with van der Waals surface area (Å²) in [6, 6.07) is 9.41. The number of anilines is 1. The molecule has 190 valence electrons. The number of rotatable bonds is 6. The summed E-state index contributed by atoms with van der Waals surface area (Å²) in [7, 11) is 4.44. The number of Topliss-reactive ketones (excluding diaryl/α,β-unsaturated/α-hetero) is 1. The Hall–Kier alpha value is -3.60. The quantitative estimate of drug-likeness (QED) is 0.177. The average molecular weight is 557 g/mol. The van der Waals surface area contributed by atoms with Crippen LogP contribution in [0.1, 0.15) is 22.0 Å². The van der Waals surface area contributed by atoms with Gasteiger partial charge in [-0.2, -0.15) is 0 Å². The van der Waals surface area contributed by atoms with E-state index in [2.05, 4.69) is 4.98 Å². The highest BCUT2D eigenvalue weighted by Crippen LogP contribution is 2.47. The molecular formula is C26H21ClN2O6S2. The van der Waals surface area contributed by atoms with Crippen LogP contribution in [0.25, 0.3) is 16.0 Å². The lowest BCUT2D eigenvalue weighted by molar-refractivity contribution is -0.132. The van der Waals surface area contributed by atoms with Crippen LogP contribution in [-0.4, -0.2) is 43.1 Å². The van der Waals surface area contributed by atoms with Crippen LogP contribution in [0.2, 0.25) is 5.02 Å². The number of ketones is 1. The van der Waals surface area contributed by atoms with Crippen LogP contribution >= 0.6 is 34.3 Å². The van der Waals surface area contributed by atoms with Gasteiger partial charge in [-0.3, -0.25) is 14.5 Å². The highest BCUT2D eigenvalue weighted by atomic mass is 35.5. The number of thiazole rings is 1. The van der Waals surface area contributed by atoms with E-state index in [0.29, 0.717) is 21.3 Å². The van der Waals surface area contributed by atoms with Gasteiger partial charge in [-0.25, -0.2) is 4.98 Å². The highest BCUT2D eigenvalue weighted by Gasteiger charge is 2.49. The summed E-state index contributed by atoms with van der Waals surface area (Å²) in [5, 5.41) is 13.9. The first-order valence-electron chi connectivity index (χ1n) is 11.0. The molecule has 1 amide bonds. The van der Waals surface area contributed by atoms with Crippen molar-refractivity contribution >= 4 is 67.1 Å². The lowest BCUT2D eigenvalue weighted by Crippen LogP contribution is -2.28. The molecule has 1 fully saturated rings. The zero-order chi connectivity index (χ0) is 26.4. The molecule has 0 bridgehead atoms. The van der Waals surface area contributed by atoms with Gasteiger partial charge in [0.1, 0.15) is 29.0 Å². The van der Waals surface area contributed by atoms with Crippen LogP contribution in [0.3, 0.4) is 0 Å². The number of nitrogens with zero attached hydrogens (tertiary/aromatic N) is 2. The number of halogens is 1. The van der Waals surface area contributed by atoms with E-state index in [9.17, 15) is 14.7 Å². The molecule has 0 saturated carbocycles. The molecule has 1 unspecified atom stereocenters. The van der Waals surface area contributed by atoms with Crippen molar-refractivity contribution in [1.29, 1.82) is 0 Å². The van der Waals surface area contributed by atoms with Crippen LogP contribution < -0.4 is 19.1 Å². The highest BCUT2D eigenvalue weighted by molar-refractivity contribution is 7.22. The predicted molar refractivity (Wildman–Crippen MR) is 145 cm³/mol. The molecule has 11 heteroatoms. The van der Waals surface area contributed by atoms with Gasteiger partial charge >= 0.3 is 5.91 Å². The predicted octanol–water partition coefficient (Wildman–Crippen LogP) is 5.97. The molecule has 1 aliphatic heterocycles. The molecule has 8 nitrogen and oxygen atoms in total. The minimum atomic E-state index is -0.894. The van der Waals surface area contributed by atoms with Crippen molar-refractivity contribution in [3.8, 4) is 17.2 Å². The monoisotopic (exact) mass is 556 g/mol. The van der Waals surface area contributed by atoms with Gasteiger partial charge in [-0.05, 0) is 42.1 Å².